The van der Waals surface area contributed by atoms with Gasteiger partial charge in [-0.05, 0) is 23.9 Å². The summed E-state index contributed by atoms with van der Waals surface area (Å²) in [6.45, 7) is 0. The molecule has 0 bridgehead atoms. The van der Waals surface area contributed by atoms with Crippen LogP contribution in [0.15, 0.2) is 33.2 Å². The first-order valence-corrected chi connectivity index (χ1v) is 5.46. The minimum Gasteiger partial charge on any atom is -0.373 e. The van der Waals surface area contributed by atoms with Crippen LogP contribution in [0, 0.1) is 0 Å². The van der Waals surface area contributed by atoms with E-state index in [0.29, 0.717) is 5.16 Å². The second-order valence-electron chi connectivity index (χ2n) is 3.08. The molecule has 0 radical (unpaired) electrons. The lowest BCUT2D eigenvalue weighted by Crippen LogP contribution is -2.12. The van der Waals surface area contributed by atoms with Crippen LogP contribution in [0.2, 0.25) is 0 Å². The van der Waals surface area contributed by atoms with Crippen LogP contribution >= 0.6 is 11.8 Å². The number of nitrogens with one attached hydrogen (secondary N) is 2. The minimum atomic E-state index is -0.229. The molecule has 0 atom stereocenters. The highest BCUT2D eigenvalue weighted by atomic mass is 32.2. The minimum absolute atomic E-state index is 0.229. The summed E-state index contributed by atoms with van der Waals surface area (Å²) in [5.41, 5.74) is -0.229. The van der Waals surface area contributed by atoms with E-state index in [0.717, 1.165) is 10.8 Å². The fraction of sp³-hybridized carbons (Fsp3) is 0.222. The molecule has 2 heterocycles. The van der Waals surface area contributed by atoms with Crippen molar-refractivity contribution < 1.29 is 0 Å². The van der Waals surface area contributed by atoms with Gasteiger partial charge in [-0.1, -0.05) is 6.07 Å². The number of rotatable bonds is 3. The van der Waals surface area contributed by atoms with Gasteiger partial charge in [0.25, 0.3) is 0 Å². The maximum Gasteiger partial charge on any atom is 0.343 e. The van der Waals surface area contributed by atoms with Crippen LogP contribution < -0.4 is 11.0 Å². The van der Waals surface area contributed by atoms with Crippen LogP contribution in [0.4, 0.5) is 5.82 Å². The molecule has 2 rings (SSSR count). The van der Waals surface area contributed by atoms with E-state index in [1.807, 2.05) is 18.2 Å². The number of nitrogens with zero attached hydrogens (tertiary/aromatic N) is 3. The lowest BCUT2D eigenvalue weighted by molar-refractivity contribution is 0.765. The molecular weight excluding hydrogens is 226 g/mol. The molecule has 0 aliphatic carbocycles. The van der Waals surface area contributed by atoms with Gasteiger partial charge in [-0.15, -0.1) is 5.10 Å². The predicted octanol–water partition coefficient (Wildman–Crippen LogP) is 0.696. The van der Waals surface area contributed by atoms with Crippen LogP contribution in [0.25, 0.3) is 0 Å². The Balaban J connectivity index is 2.26. The summed E-state index contributed by atoms with van der Waals surface area (Å²) >= 11 is 1.33. The summed E-state index contributed by atoms with van der Waals surface area (Å²) in [7, 11) is 3.47. The average molecular weight is 237 g/mol. The molecule has 0 aliphatic heterocycles. The van der Waals surface area contributed by atoms with Crippen molar-refractivity contribution in [1.82, 2.24) is 19.7 Å². The number of anilines is 1. The fourth-order valence-corrected chi connectivity index (χ4v) is 1.92. The summed E-state index contributed by atoms with van der Waals surface area (Å²) in [6.07, 6.45) is 0. The number of pyridine rings is 1. The number of hydrogen-bond acceptors (Lipinski definition) is 5. The summed E-state index contributed by atoms with van der Waals surface area (Å²) in [6, 6.07) is 5.63. The van der Waals surface area contributed by atoms with E-state index in [1.54, 1.807) is 14.1 Å². The molecule has 0 spiro atoms. The Morgan fingerprint density at radius 2 is 2.31 bits per heavy atom. The zero-order valence-corrected chi connectivity index (χ0v) is 9.71. The van der Waals surface area contributed by atoms with Crippen LogP contribution in [0.5, 0.6) is 0 Å². The number of H-pyrrole nitrogens is 1. The van der Waals surface area contributed by atoms with Gasteiger partial charge < -0.3 is 5.32 Å². The van der Waals surface area contributed by atoms with Gasteiger partial charge in [0.05, 0.1) is 0 Å². The predicted molar refractivity (Wildman–Crippen MR) is 61.7 cm³/mol. The molecule has 16 heavy (non-hydrogen) atoms. The zero-order chi connectivity index (χ0) is 11.5. The van der Waals surface area contributed by atoms with Crippen molar-refractivity contribution >= 4 is 17.6 Å². The Morgan fingerprint density at radius 3 is 2.94 bits per heavy atom. The summed E-state index contributed by atoms with van der Waals surface area (Å²) in [5, 5.41) is 10.6. The van der Waals surface area contributed by atoms with Crippen molar-refractivity contribution in [3.05, 3.63) is 28.7 Å². The smallest absolute Gasteiger partial charge is 0.343 e. The normalized spacial score (nSPS) is 10.4. The Morgan fingerprint density at radius 1 is 1.50 bits per heavy atom. The Bertz CT molecular complexity index is 547. The lowest BCUT2D eigenvalue weighted by Gasteiger charge is -2.02. The zero-order valence-electron chi connectivity index (χ0n) is 8.89. The highest BCUT2D eigenvalue weighted by Crippen LogP contribution is 2.23. The van der Waals surface area contributed by atoms with Crippen molar-refractivity contribution in [2.75, 3.05) is 12.4 Å². The summed E-state index contributed by atoms with van der Waals surface area (Å²) in [5.74, 6) is 0.783. The van der Waals surface area contributed by atoms with Crippen LogP contribution in [0.3, 0.4) is 0 Å². The van der Waals surface area contributed by atoms with Gasteiger partial charge in [0, 0.05) is 14.1 Å². The molecule has 84 valence electrons. The molecule has 2 aromatic rings. The van der Waals surface area contributed by atoms with Crippen molar-refractivity contribution in [2.45, 2.75) is 10.2 Å². The van der Waals surface area contributed by atoms with E-state index in [-0.39, 0.29) is 5.69 Å². The maximum atomic E-state index is 11.2. The van der Waals surface area contributed by atoms with Gasteiger partial charge in [0.2, 0.25) is 0 Å². The Hall–Kier alpha value is -1.76. The standard InChI is InChI=1S/C9H11N5OS/c1-10-6-4-3-5-7(11-6)16-9-13-12-8(15)14(9)2/h3-5H,1-2H3,(H,10,11)(H,12,15). The molecule has 2 N–H and O–H groups in total. The molecule has 7 heteroatoms. The Labute approximate surface area is 96.1 Å². The Kier molecular flexibility index (Phi) is 2.95. The topological polar surface area (TPSA) is 75.6 Å². The number of aromatic nitrogens is 4. The second-order valence-corrected chi connectivity index (χ2v) is 4.07. The summed E-state index contributed by atoms with van der Waals surface area (Å²) < 4.78 is 1.44. The quantitative estimate of drug-likeness (QED) is 0.821. The van der Waals surface area contributed by atoms with Crippen molar-refractivity contribution in [2.24, 2.45) is 7.05 Å². The SMILES string of the molecule is CNc1cccc(Sc2n[nH]c(=O)n2C)n1. The third-order valence-electron chi connectivity index (χ3n) is 2.01. The molecule has 0 amide bonds. The fourth-order valence-electron chi connectivity index (χ4n) is 1.13. The number of aromatic amines is 1. The van der Waals surface area contributed by atoms with Crippen molar-refractivity contribution in [1.29, 1.82) is 0 Å². The van der Waals surface area contributed by atoms with E-state index >= 15 is 0 Å². The second kappa shape index (κ2) is 4.40. The van der Waals surface area contributed by atoms with Gasteiger partial charge in [-0.2, -0.15) is 0 Å². The molecule has 0 aromatic carbocycles. The number of hydrogen-bond donors (Lipinski definition) is 2. The molecule has 0 unspecified atom stereocenters. The van der Waals surface area contributed by atoms with Gasteiger partial charge >= 0.3 is 5.69 Å². The van der Waals surface area contributed by atoms with Crippen LogP contribution in [-0.4, -0.2) is 26.8 Å². The van der Waals surface area contributed by atoms with E-state index in [9.17, 15) is 4.79 Å². The van der Waals surface area contributed by atoms with Crippen molar-refractivity contribution in [3.63, 3.8) is 0 Å². The third kappa shape index (κ3) is 2.08. The molecule has 0 aliphatic rings. The van der Waals surface area contributed by atoms with Gasteiger partial charge in [0.15, 0.2) is 5.16 Å². The van der Waals surface area contributed by atoms with Crippen LogP contribution in [0.1, 0.15) is 0 Å². The molecule has 2 aromatic heterocycles. The van der Waals surface area contributed by atoms with Crippen molar-refractivity contribution in [3.8, 4) is 0 Å². The van der Waals surface area contributed by atoms with Gasteiger partial charge in [-0.25, -0.2) is 14.9 Å². The monoisotopic (exact) mass is 237 g/mol. The lowest BCUT2D eigenvalue weighted by atomic mass is 10.5. The first-order chi connectivity index (χ1) is 7.70. The van der Waals surface area contributed by atoms with E-state index < -0.39 is 0 Å². The third-order valence-corrected chi connectivity index (χ3v) is 3.00. The largest absolute Gasteiger partial charge is 0.373 e. The molecule has 0 saturated carbocycles. The average Bonchev–Trinajstić information content (AvgIpc) is 2.61. The first-order valence-electron chi connectivity index (χ1n) is 4.65. The highest BCUT2D eigenvalue weighted by molar-refractivity contribution is 7.99. The molecular formula is C9H11N5OS. The van der Waals surface area contributed by atoms with Gasteiger partial charge in [0.1, 0.15) is 10.8 Å². The van der Waals surface area contributed by atoms with E-state index in [1.165, 1.54) is 16.3 Å². The first kappa shape index (κ1) is 10.7. The highest BCUT2D eigenvalue weighted by Gasteiger charge is 2.07. The molecule has 0 saturated heterocycles. The van der Waals surface area contributed by atoms with Crippen LogP contribution in [-0.2, 0) is 7.05 Å². The molecule has 6 nitrogen and oxygen atoms in total. The maximum absolute atomic E-state index is 11.2. The summed E-state index contributed by atoms with van der Waals surface area (Å²) in [4.78, 5) is 15.5. The van der Waals surface area contributed by atoms with Gasteiger partial charge in [-0.3, -0.25) is 4.57 Å². The van der Waals surface area contributed by atoms with E-state index in [2.05, 4.69) is 20.5 Å². The van der Waals surface area contributed by atoms with E-state index in [4.69, 9.17) is 0 Å². The molecule has 0 fully saturated rings.